The Morgan fingerprint density at radius 1 is 1.27 bits per heavy atom. The van der Waals surface area contributed by atoms with Gasteiger partial charge in [-0.05, 0) is 24.6 Å². The zero-order valence-electron chi connectivity index (χ0n) is 11.9. The monoisotopic (exact) mass is 300 g/mol. The molecule has 4 rings (SSSR count). The zero-order valence-corrected chi connectivity index (χ0v) is 11.9. The molecule has 6 nitrogen and oxygen atoms in total. The second-order valence-electron chi connectivity index (χ2n) is 5.19. The largest absolute Gasteiger partial charge is 0.365 e. The van der Waals surface area contributed by atoms with E-state index in [2.05, 4.69) is 15.1 Å². The lowest BCUT2D eigenvalue weighted by Crippen LogP contribution is -2.20. The van der Waals surface area contributed by atoms with Crippen molar-refractivity contribution in [1.29, 1.82) is 0 Å². The Hall–Kier alpha value is -2.54. The Balaban J connectivity index is 1.62. The van der Waals surface area contributed by atoms with Crippen LogP contribution in [0.15, 0.2) is 35.1 Å². The first-order valence-electron chi connectivity index (χ1n) is 6.92. The molecule has 0 bridgehead atoms. The van der Waals surface area contributed by atoms with Gasteiger partial charge in [-0.15, -0.1) is 0 Å². The molecule has 1 aromatic carbocycles. The van der Waals surface area contributed by atoms with Crippen molar-refractivity contribution in [2.24, 2.45) is 0 Å². The standard InChI is InChI=1S/C15H13FN4O2/c1-9-18-15(22-19-9)14-12-7-21-13(6-20(12)8-17-14)10-2-4-11(16)5-3-10/h2-5,8,13H,6-7H2,1H3. The zero-order chi connectivity index (χ0) is 15.1. The fourth-order valence-electron chi connectivity index (χ4n) is 2.58. The Kier molecular flexibility index (Phi) is 3.00. The molecule has 0 radical (unpaired) electrons. The first kappa shape index (κ1) is 13.1. The first-order chi connectivity index (χ1) is 10.7. The van der Waals surface area contributed by atoms with E-state index in [9.17, 15) is 4.39 Å². The predicted molar refractivity (Wildman–Crippen MR) is 74.2 cm³/mol. The van der Waals surface area contributed by atoms with E-state index in [0.29, 0.717) is 30.6 Å². The SMILES string of the molecule is Cc1noc(-c2ncn3c2COC(c2ccc(F)cc2)C3)n1. The smallest absolute Gasteiger partial charge is 0.278 e. The van der Waals surface area contributed by atoms with Crippen LogP contribution in [0.1, 0.15) is 23.2 Å². The lowest BCUT2D eigenvalue weighted by molar-refractivity contribution is 0.00327. The highest BCUT2D eigenvalue weighted by molar-refractivity contribution is 5.50. The van der Waals surface area contributed by atoms with Crippen molar-refractivity contribution in [1.82, 2.24) is 19.7 Å². The molecule has 1 atom stereocenters. The summed E-state index contributed by atoms with van der Waals surface area (Å²) in [6, 6.07) is 6.36. The minimum absolute atomic E-state index is 0.125. The topological polar surface area (TPSA) is 66.0 Å². The summed E-state index contributed by atoms with van der Waals surface area (Å²) in [6.07, 6.45) is 1.61. The maximum atomic E-state index is 13.0. The summed E-state index contributed by atoms with van der Waals surface area (Å²) in [7, 11) is 0. The number of nitrogens with zero attached hydrogens (tertiary/aromatic N) is 4. The van der Waals surface area contributed by atoms with Crippen LogP contribution in [-0.4, -0.2) is 19.7 Å². The summed E-state index contributed by atoms with van der Waals surface area (Å²) >= 11 is 0. The van der Waals surface area contributed by atoms with Gasteiger partial charge in [0.2, 0.25) is 0 Å². The molecule has 7 heteroatoms. The van der Waals surface area contributed by atoms with Crippen molar-refractivity contribution < 1.29 is 13.7 Å². The van der Waals surface area contributed by atoms with E-state index in [-0.39, 0.29) is 11.9 Å². The van der Waals surface area contributed by atoms with E-state index in [1.165, 1.54) is 12.1 Å². The first-order valence-corrected chi connectivity index (χ1v) is 6.92. The average molecular weight is 300 g/mol. The van der Waals surface area contributed by atoms with Crippen molar-refractivity contribution in [3.63, 3.8) is 0 Å². The summed E-state index contributed by atoms with van der Waals surface area (Å²) in [5, 5.41) is 3.78. The third kappa shape index (κ3) is 2.19. The summed E-state index contributed by atoms with van der Waals surface area (Å²) in [5.41, 5.74) is 2.50. The van der Waals surface area contributed by atoms with E-state index in [0.717, 1.165) is 11.3 Å². The average Bonchev–Trinajstić information content (AvgIpc) is 3.13. The van der Waals surface area contributed by atoms with Crippen molar-refractivity contribution in [3.05, 3.63) is 53.5 Å². The Morgan fingerprint density at radius 2 is 2.09 bits per heavy atom. The number of imidazole rings is 1. The summed E-state index contributed by atoms with van der Waals surface area (Å²) in [5.74, 6) is 0.713. The predicted octanol–water partition coefficient (Wildman–Crippen LogP) is 2.65. The number of rotatable bonds is 2. The Bertz CT molecular complexity index is 809. The summed E-state index contributed by atoms with van der Waals surface area (Å²) in [4.78, 5) is 8.55. The van der Waals surface area contributed by atoms with Crippen LogP contribution >= 0.6 is 0 Å². The third-order valence-electron chi connectivity index (χ3n) is 3.70. The fourth-order valence-corrected chi connectivity index (χ4v) is 2.58. The van der Waals surface area contributed by atoms with Gasteiger partial charge in [-0.1, -0.05) is 17.3 Å². The molecular formula is C15H13FN4O2. The van der Waals surface area contributed by atoms with Crippen LogP contribution in [0.25, 0.3) is 11.6 Å². The van der Waals surface area contributed by atoms with E-state index in [1.54, 1.807) is 25.4 Å². The lowest BCUT2D eigenvalue weighted by atomic mass is 10.1. The minimum Gasteiger partial charge on any atom is -0.365 e. The lowest BCUT2D eigenvalue weighted by Gasteiger charge is -2.25. The number of hydrogen-bond donors (Lipinski definition) is 0. The molecule has 112 valence electrons. The normalized spacial score (nSPS) is 17.5. The molecule has 0 saturated carbocycles. The van der Waals surface area contributed by atoms with Crippen molar-refractivity contribution >= 4 is 0 Å². The molecule has 2 aromatic heterocycles. The highest BCUT2D eigenvalue weighted by Gasteiger charge is 2.26. The fraction of sp³-hybridized carbons (Fsp3) is 0.267. The van der Waals surface area contributed by atoms with Crippen LogP contribution in [0.2, 0.25) is 0 Å². The molecule has 3 heterocycles. The van der Waals surface area contributed by atoms with Crippen LogP contribution in [0, 0.1) is 12.7 Å². The Morgan fingerprint density at radius 3 is 2.82 bits per heavy atom. The molecule has 0 saturated heterocycles. The number of hydrogen-bond acceptors (Lipinski definition) is 5. The number of aryl methyl sites for hydroxylation is 1. The third-order valence-corrected chi connectivity index (χ3v) is 3.70. The molecule has 22 heavy (non-hydrogen) atoms. The van der Waals surface area contributed by atoms with Gasteiger partial charge in [-0.3, -0.25) is 0 Å². The van der Waals surface area contributed by atoms with Crippen molar-refractivity contribution in [2.45, 2.75) is 26.2 Å². The number of halogens is 1. The highest BCUT2D eigenvalue weighted by Crippen LogP contribution is 2.31. The van der Waals surface area contributed by atoms with E-state index in [4.69, 9.17) is 9.26 Å². The van der Waals surface area contributed by atoms with Crippen LogP contribution < -0.4 is 0 Å². The van der Waals surface area contributed by atoms with Gasteiger partial charge < -0.3 is 13.8 Å². The van der Waals surface area contributed by atoms with E-state index >= 15 is 0 Å². The summed E-state index contributed by atoms with van der Waals surface area (Å²) < 4.78 is 26.1. The second kappa shape index (κ2) is 5.03. The molecule has 3 aromatic rings. The van der Waals surface area contributed by atoms with Gasteiger partial charge in [-0.2, -0.15) is 4.98 Å². The highest BCUT2D eigenvalue weighted by atomic mass is 19.1. The van der Waals surface area contributed by atoms with Gasteiger partial charge in [0.25, 0.3) is 5.89 Å². The molecule has 0 amide bonds. The molecule has 0 fully saturated rings. The maximum Gasteiger partial charge on any atom is 0.278 e. The Labute approximate surface area is 125 Å². The van der Waals surface area contributed by atoms with Gasteiger partial charge in [0.05, 0.1) is 25.2 Å². The van der Waals surface area contributed by atoms with Crippen molar-refractivity contribution in [3.8, 4) is 11.6 Å². The quantitative estimate of drug-likeness (QED) is 0.728. The van der Waals surface area contributed by atoms with Gasteiger partial charge >= 0.3 is 0 Å². The molecular weight excluding hydrogens is 287 g/mol. The molecule has 0 spiro atoms. The van der Waals surface area contributed by atoms with Gasteiger partial charge in [-0.25, -0.2) is 9.37 Å². The van der Waals surface area contributed by atoms with Gasteiger partial charge in [0, 0.05) is 0 Å². The van der Waals surface area contributed by atoms with Crippen LogP contribution in [0.3, 0.4) is 0 Å². The molecule has 0 aliphatic carbocycles. The van der Waals surface area contributed by atoms with Crippen LogP contribution in [0.5, 0.6) is 0 Å². The van der Waals surface area contributed by atoms with Crippen molar-refractivity contribution in [2.75, 3.05) is 0 Å². The number of fused-ring (bicyclic) bond motifs is 1. The van der Waals surface area contributed by atoms with E-state index < -0.39 is 0 Å². The van der Waals surface area contributed by atoms with Crippen LogP contribution in [0.4, 0.5) is 4.39 Å². The van der Waals surface area contributed by atoms with Crippen LogP contribution in [-0.2, 0) is 17.9 Å². The summed E-state index contributed by atoms with van der Waals surface area (Å²) in [6.45, 7) is 2.76. The molecule has 0 N–H and O–H groups in total. The maximum absolute atomic E-state index is 13.0. The number of aromatic nitrogens is 4. The number of benzene rings is 1. The van der Waals surface area contributed by atoms with Gasteiger partial charge in [0.15, 0.2) is 11.5 Å². The molecule has 1 aliphatic rings. The molecule has 1 aliphatic heterocycles. The molecule has 1 unspecified atom stereocenters. The number of ether oxygens (including phenoxy) is 1. The van der Waals surface area contributed by atoms with E-state index in [1.807, 2.05) is 4.57 Å². The van der Waals surface area contributed by atoms with Gasteiger partial charge in [0.1, 0.15) is 11.9 Å². The minimum atomic E-state index is -0.253. The second-order valence-corrected chi connectivity index (χ2v) is 5.19.